The van der Waals surface area contributed by atoms with Crippen LogP contribution in [0.4, 0.5) is 0 Å². The first-order chi connectivity index (χ1) is 14.6. The summed E-state index contributed by atoms with van der Waals surface area (Å²) in [7, 11) is 3.50. The molecule has 1 fully saturated rings. The number of aliphatic imine (C=N–C) groups is 1. The first-order valence-electron chi connectivity index (χ1n) is 11.1. The highest BCUT2D eigenvalue weighted by Gasteiger charge is 2.23. The Hall–Kier alpha value is -1.26. The summed E-state index contributed by atoms with van der Waals surface area (Å²) in [5.41, 5.74) is 1.25. The fourth-order valence-electron chi connectivity index (χ4n) is 3.76. The van der Waals surface area contributed by atoms with Crippen molar-refractivity contribution in [1.29, 1.82) is 0 Å². The molecule has 1 aromatic rings. The fraction of sp³-hybridized carbons (Fsp3) is 0.696. The summed E-state index contributed by atoms with van der Waals surface area (Å²) in [6.07, 6.45) is 1.98. The summed E-state index contributed by atoms with van der Waals surface area (Å²) in [5, 5.41) is 6.95. The van der Waals surface area contributed by atoms with E-state index in [1.807, 2.05) is 20.0 Å². The summed E-state index contributed by atoms with van der Waals surface area (Å²) in [5.74, 6) is 3.02. The van der Waals surface area contributed by atoms with Crippen molar-refractivity contribution in [2.24, 2.45) is 10.9 Å². The summed E-state index contributed by atoms with van der Waals surface area (Å²) in [6, 6.07) is 6.63. The summed E-state index contributed by atoms with van der Waals surface area (Å²) < 4.78 is 16.5. The van der Waals surface area contributed by atoms with Crippen LogP contribution in [0.15, 0.2) is 23.2 Å². The zero-order chi connectivity index (χ0) is 21.8. The molecular formula is C23H41IN4O3. The number of hydrogen-bond donors (Lipinski definition) is 2. The molecule has 1 heterocycles. The lowest BCUT2D eigenvalue weighted by atomic mass is 10.0. The van der Waals surface area contributed by atoms with Gasteiger partial charge in [0.2, 0.25) is 0 Å². The van der Waals surface area contributed by atoms with Gasteiger partial charge in [-0.25, -0.2) is 0 Å². The highest BCUT2D eigenvalue weighted by molar-refractivity contribution is 14.0. The molecule has 1 unspecified atom stereocenters. The van der Waals surface area contributed by atoms with Crippen LogP contribution in [0.5, 0.6) is 11.5 Å². The van der Waals surface area contributed by atoms with Gasteiger partial charge in [0.15, 0.2) is 17.5 Å². The quantitative estimate of drug-likeness (QED) is 0.192. The van der Waals surface area contributed by atoms with Gasteiger partial charge >= 0.3 is 0 Å². The average molecular weight is 549 g/mol. The molecular weight excluding hydrogens is 507 g/mol. The molecule has 1 aromatic carbocycles. The SMILES string of the molecule is CCOc1cc(CCCNC(=NC)NCC(C(C)C)N2CCOCC2)ccc1OC.I. The normalized spacial score (nSPS) is 15.9. The van der Waals surface area contributed by atoms with E-state index in [4.69, 9.17) is 14.2 Å². The monoisotopic (exact) mass is 548 g/mol. The van der Waals surface area contributed by atoms with E-state index < -0.39 is 0 Å². The van der Waals surface area contributed by atoms with Gasteiger partial charge in [-0.15, -0.1) is 24.0 Å². The van der Waals surface area contributed by atoms with E-state index in [-0.39, 0.29) is 24.0 Å². The standard InChI is InChI=1S/C23H40N4O3.HI/c1-6-30-22-16-19(9-10-21(22)28-5)8-7-11-25-23(24-4)26-17-20(18(2)3)27-12-14-29-15-13-27;/h9-10,16,18,20H,6-8,11-15,17H2,1-5H3,(H2,24,25,26);1H. The molecule has 0 spiro atoms. The maximum Gasteiger partial charge on any atom is 0.191 e. The second-order valence-corrected chi connectivity index (χ2v) is 7.86. The molecule has 0 saturated carbocycles. The van der Waals surface area contributed by atoms with Gasteiger partial charge in [-0.1, -0.05) is 19.9 Å². The molecule has 2 rings (SSSR count). The number of methoxy groups -OCH3 is 1. The predicted octanol–water partition coefficient (Wildman–Crippen LogP) is 3.17. The number of aryl methyl sites for hydroxylation is 1. The van der Waals surface area contributed by atoms with Gasteiger partial charge in [-0.05, 0) is 43.4 Å². The molecule has 31 heavy (non-hydrogen) atoms. The molecule has 1 atom stereocenters. The van der Waals surface area contributed by atoms with Crippen molar-refractivity contribution >= 4 is 29.9 Å². The Morgan fingerprint density at radius 1 is 1.19 bits per heavy atom. The van der Waals surface area contributed by atoms with Crippen molar-refractivity contribution in [1.82, 2.24) is 15.5 Å². The molecule has 1 aliphatic heterocycles. The highest BCUT2D eigenvalue weighted by Crippen LogP contribution is 2.28. The third-order valence-electron chi connectivity index (χ3n) is 5.45. The Labute approximate surface area is 205 Å². The number of benzene rings is 1. The third kappa shape index (κ3) is 9.41. The summed E-state index contributed by atoms with van der Waals surface area (Å²) in [4.78, 5) is 6.91. The first-order valence-corrected chi connectivity index (χ1v) is 11.1. The number of halogens is 1. The van der Waals surface area contributed by atoms with Gasteiger partial charge in [-0.3, -0.25) is 9.89 Å². The van der Waals surface area contributed by atoms with Gasteiger partial charge in [0, 0.05) is 39.3 Å². The van der Waals surface area contributed by atoms with E-state index in [1.54, 1.807) is 7.11 Å². The van der Waals surface area contributed by atoms with Crippen LogP contribution < -0.4 is 20.1 Å². The molecule has 2 N–H and O–H groups in total. The number of nitrogens with one attached hydrogen (secondary N) is 2. The van der Waals surface area contributed by atoms with Crippen molar-refractivity contribution in [2.75, 3.05) is 60.2 Å². The van der Waals surface area contributed by atoms with E-state index in [0.717, 1.165) is 69.7 Å². The van der Waals surface area contributed by atoms with Crippen LogP contribution in [0.25, 0.3) is 0 Å². The predicted molar refractivity (Wildman–Crippen MR) is 138 cm³/mol. The lowest BCUT2D eigenvalue weighted by Crippen LogP contribution is -2.52. The molecule has 7 nitrogen and oxygen atoms in total. The average Bonchev–Trinajstić information content (AvgIpc) is 2.76. The topological polar surface area (TPSA) is 67.4 Å². The van der Waals surface area contributed by atoms with Gasteiger partial charge in [-0.2, -0.15) is 0 Å². The van der Waals surface area contributed by atoms with E-state index in [2.05, 4.69) is 46.5 Å². The van der Waals surface area contributed by atoms with Gasteiger partial charge in [0.25, 0.3) is 0 Å². The number of nitrogens with zero attached hydrogens (tertiary/aromatic N) is 2. The van der Waals surface area contributed by atoms with Crippen molar-refractivity contribution in [3.8, 4) is 11.5 Å². The Morgan fingerprint density at radius 2 is 1.94 bits per heavy atom. The van der Waals surface area contributed by atoms with Gasteiger partial charge in [0.1, 0.15) is 0 Å². The zero-order valence-electron chi connectivity index (χ0n) is 19.8. The number of hydrogen-bond acceptors (Lipinski definition) is 5. The zero-order valence-corrected chi connectivity index (χ0v) is 22.1. The van der Waals surface area contributed by atoms with E-state index >= 15 is 0 Å². The van der Waals surface area contributed by atoms with E-state index in [0.29, 0.717) is 18.6 Å². The Kier molecular flexibility index (Phi) is 13.9. The Bertz CT molecular complexity index is 652. The largest absolute Gasteiger partial charge is 0.493 e. The van der Waals surface area contributed by atoms with Crippen molar-refractivity contribution in [2.45, 2.75) is 39.7 Å². The van der Waals surface area contributed by atoms with Gasteiger partial charge < -0.3 is 24.8 Å². The summed E-state index contributed by atoms with van der Waals surface area (Å²) in [6.45, 7) is 12.6. The maximum absolute atomic E-state index is 5.67. The molecule has 0 bridgehead atoms. The highest BCUT2D eigenvalue weighted by atomic mass is 127. The minimum atomic E-state index is 0. The number of guanidine groups is 1. The number of rotatable bonds is 11. The summed E-state index contributed by atoms with van der Waals surface area (Å²) >= 11 is 0. The molecule has 8 heteroatoms. The molecule has 0 amide bonds. The van der Waals surface area contributed by atoms with Gasteiger partial charge in [0.05, 0.1) is 26.9 Å². The minimum absolute atomic E-state index is 0. The lowest BCUT2D eigenvalue weighted by Gasteiger charge is -2.37. The smallest absolute Gasteiger partial charge is 0.191 e. The fourth-order valence-corrected chi connectivity index (χ4v) is 3.76. The second-order valence-electron chi connectivity index (χ2n) is 7.86. The van der Waals surface area contributed by atoms with Crippen LogP contribution in [-0.2, 0) is 11.2 Å². The first kappa shape index (κ1) is 27.8. The second kappa shape index (κ2) is 15.5. The maximum atomic E-state index is 5.67. The molecule has 0 radical (unpaired) electrons. The third-order valence-corrected chi connectivity index (χ3v) is 5.45. The number of morpholine rings is 1. The van der Waals surface area contributed by atoms with Crippen molar-refractivity contribution in [3.05, 3.63) is 23.8 Å². The lowest BCUT2D eigenvalue weighted by molar-refractivity contribution is 0.00752. The van der Waals surface area contributed by atoms with Crippen LogP contribution in [0.2, 0.25) is 0 Å². The Morgan fingerprint density at radius 3 is 2.55 bits per heavy atom. The van der Waals surface area contributed by atoms with Crippen molar-refractivity contribution < 1.29 is 14.2 Å². The van der Waals surface area contributed by atoms with Crippen LogP contribution in [-0.4, -0.2) is 77.1 Å². The van der Waals surface area contributed by atoms with Crippen molar-refractivity contribution in [3.63, 3.8) is 0 Å². The number of ether oxygens (including phenoxy) is 3. The molecule has 0 aromatic heterocycles. The van der Waals surface area contributed by atoms with Crippen LogP contribution in [0.1, 0.15) is 32.8 Å². The Balaban J connectivity index is 0.00000480. The molecule has 1 aliphatic rings. The molecule has 1 saturated heterocycles. The van der Waals surface area contributed by atoms with Crippen LogP contribution in [0, 0.1) is 5.92 Å². The minimum Gasteiger partial charge on any atom is -0.493 e. The molecule has 178 valence electrons. The van der Waals surface area contributed by atoms with Crippen LogP contribution in [0.3, 0.4) is 0 Å². The van der Waals surface area contributed by atoms with Crippen LogP contribution >= 0.6 is 24.0 Å². The molecule has 0 aliphatic carbocycles. The van der Waals surface area contributed by atoms with E-state index in [9.17, 15) is 0 Å². The van der Waals surface area contributed by atoms with E-state index in [1.165, 1.54) is 5.56 Å².